The van der Waals surface area contributed by atoms with Gasteiger partial charge in [0.05, 0.1) is 11.9 Å². The van der Waals surface area contributed by atoms with Crippen molar-refractivity contribution in [1.29, 1.82) is 0 Å². The molecule has 4 rings (SSSR count). The minimum absolute atomic E-state index is 0.00168. The SMILES string of the molecule is CC(C)NC(=O)[C@@H](Cc1ccccc1)N(Cc1c(Cl)cccc1Cl)C(=O)CCCN(c1ccc2c(c1)OCO2)S(C)(=O)=O. The summed E-state index contributed by atoms with van der Waals surface area (Å²) < 4.78 is 37.5. The first-order valence-corrected chi connectivity index (χ1v) is 16.5. The molecule has 1 heterocycles. The number of hydrogen-bond donors (Lipinski definition) is 1. The Labute approximate surface area is 262 Å². The predicted molar refractivity (Wildman–Crippen MR) is 168 cm³/mol. The number of nitrogens with zero attached hydrogens (tertiary/aromatic N) is 2. The van der Waals surface area contributed by atoms with Crippen molar-refractivity contribution in [3.8, 4) is 11.5 Å². The van der Waals surface area contributed by atoms with Gasteiger partial charge in [0.1, 0.15) is 6.04 Å². The Bertz CT molecular complexity index is 1530. The monoisotopic (exact) mass is 647 g/mol. The van der Waals surface area contributed by atoms with Crippen LogP contribution in [0, 0.1) is 0 Å². The molecule has 3 aromatic rings. The maximum Gasteiger partial charge on any atom is 0.243 e. The van der Waals surface area contributed by atoms with Crippen LogP contribution >= 0.6 is 23.2 Å². The average molecular weight is 649 g/mol. The molecule has 3 aromatic carbocycles. The normalized spacial score (nSPS) is 13.1. The van der Waals surface area contributed by atoms with Crippen LogP contribution in [0.5, 0.6) is 11.5 Å². The van der Waals surface area contributed by atoms with Crippen LogP contribution in [0.4, 0.5) is 5.69 Å². The largest absolute Gasteiger partial charge is 0.454 e. The molecule has 9 nitrogen and oxygen atoms in total. The van der Waals surface area contributed by atoms with Gasteiger partial charge in [0, 0.05) is 53.6 Å². The highest BCUT2D eigenvalue weighted by Gasteiger charge is 2.32. The van der Waals surface area contributed by atoms with Crippen LogP contribution in [0.2, 0.25) is 10.0 Å². The van der Waals surface area contributed by atoms with Gasteiger partial charge >= 0.3 is 0 Å². The summed E-state index contributed by atoms with van der Waals surface area (Å²) in [6.07, 6.45) is 1.53. The van der Waals surface area contributed by atoms with E-state index in [2.05, 4.69) is 5.32 Å². The van der Waals surface area contributed by atoms with Gasteiger partial charge in [-0.2, -0.15) is 0 Å². The molecule has 230 valence electrons. The summed E-state index contributed by atoms with van der Waals surface area (Å²) in [5.41, 5.74) is 1.80. The Kier molecular flexibility index (Phi) is 10.8. The molecule has 1 aliphatic rings. The van der Waals surface area contributed by atoms with E-state index in [1.807, 2.05) is 44.2 Å². The molecule has 0 bridgehead atoms. The number of rotatable bonds is 13. The van der Waals surface area contributed by atoms with Crippen molar-refractivity contribution in [2.24, 2.45) is 0 Å². The Morgan fingerprint density at radius 1 is 0.953 bits per heavy atom. The molecule has 1 atom stereocenters. The van der Waals surface area contributed by atoms with Crippen LogP contribution in [-0.2, 0) is 32.6 Å². The minimum Gasteiger partial charge on any atom is -0.454 e. The lowest BCUT2D eigenvalue weighted by Gasteiger charge is -2.33. The van der Waals surface area contributed by atoms with E-state index in [-0.39, 0.29) is 57.0 Å². The molecular formula is C31H35Cl2N3O6S. The van der Waals surface area contributed by atoms with E-state index in [0.717, 1.165) is 11.8 Å². The number of halogens is 2. The number of fused-ring (bicyclic) bond motifs is 1. The summed E-state index contributed by atoms with van der Waals surface area (Å²) in [7, 11) is -3.68. The van der Waals surface area contributed by atoms with Crippen molar-refractivity contribution in [2.75, 3.05) is 23.9 Å². The van der Waals surface area contributed by atoms with E-state index < -0.39 is 16.1 Å². The third-order valence-corrected chi connectivity index (χ3v) is 8.79. The van der Waals surface area contributed by atoms with Crippen molar-refractivity contribution in [3.63, 3.8) is 0 Å². The summed E-state index contributed by atoms with van der Waals surface area (Å²) >= 11 is 13.0. The second-order valence-corrected chi connectivity index (χ2v) is 13.3. The highest BCUT2D eigenvalue weighted by Crippen LogP contribution is 2.36. The van der Waals surface area contributed by atoms with Crippen molar-refractivity contribution in [2.45, 2.75) is 51.7 Å². The molecule has 0 spiro atoms. The van der Waals surface area contributed by atoms with E-state index >= 15 is 0 Å². The lowest BCUT2D eigenvalue weighted by molar-refractivity contribution is -0.141. The maximum atomic E-state index is 14.0. The molecule has 0 radical (unpaired) electrons. The van der Waals surface area contributed by atoms with Gasteiger partial charge in [-0.1, -0.05) is 59.6 Å². The zero-order valence-corrected chi connectivity index (χ0v) is 26.6. The highest BCUT2D eigenvalue weighted by molar-refractivity contribution is 7.92. The van der Waals surface area contributed by atoms with Crippen molar-refractivity contribution < 1.29 is 27.5 Å². The minimum atomic E-state index is -3.68. The topological polar surface area (TPSA) is 105 Å². The number of amides is 2. The molecule has 1 aliphatic heterocycles. The van der Waals surface area contributed by atoms with Crippen LogP contribution in [0.1, 0.15) is 37.8 Å². The van der Waals surface area contributed by atoms with Gasteiger partial charge < -0.3 is 19.7 Å². The van der Waals surface area contributed by atoms with E-state index in [0.29, 0.717) is 32.8 Å². The quantitative estimate of drug-likeness (QED) is 0.265. The molecule has 2 amide bonds. The molecule has 12 heteroatoms. The second-order valence-electron chi connectivity index (χ2n) is 10.6. The molecule has 0 fully saturated rings. The number of carbonyl (C=O) groups is 2. The Hall–Kier alpha value is -3.47. The highest BCUT2D eigenvalue weighted by atomic mass is 35.5. The van der Waals surface area contributed by atoms with E-state index in [4.69, 9.17) is 32.7 Å². The van der Waals surface area contributed by atoms with Crippen LogP contribution in [0.25, 0.3) is 0 Å². The number of nitrogens with one attached hydrogen (secondary N) is 1. The van der Waals surface area contributed by atoms with Crippen molar-refractivity contribution in [3.05, 3.63) is 87.9 Å². The molecule has 0 saturated heterocycles. The fraction of sp³-hybridized carbons (Fsp3) is 0.355. The number of anilines is 1. The molecule has 0 aromatic heterocycles. The molecule has 43 heavy (non-hydrogen) atoms. The van der Waals surface area contributed by atoms with E-state index in [1.54, 1.807) is 36.4 Å². The zero-order chi connectivity index (χ0) is 31.1. The maximum absolute atomic E-state index is 14.0. The molecule has 1 N–H and O–H groups in total. The average Bonchev–Trinajstić information content (AvgIpc) is 3.42. The third-order valence-electron chi connectivity index (χ3n) is 6.89. The number of carbonyl (C=O) groups excluding carboxylic acids is 2. The number of benzene rings is 3. The van der Waals surface area contributed by atoms with Crippen molar-refractivity contribution in [1.82, 2.24) is 10.2 Å². The predicted octanol–water partition coefficient (Wildman–Crippen LogP) is 5.43. The lowest BCUT2D eigenvalue weighted by Crippen LogP contribution is -2.52. The summed E-state index contributed by atoms with van der Waals surface area (Å²) in [4.78, 5) is 29.0. The first-order valence-electron chi connectivity index (χ1n) is 13.9. The van der Waals surface area contributed by atoms with E-state index in [9.17, 15) is 18.0 Å². The smallest absolute Gasteiger partial charge is 0.243 e. The fourth-order valence-corrected chi connectivity index (χ4v) is 6.31. The number of sulfonamides is 1. The van der Waals surface area contributed by atoms with Gasteiger partial charge in [-0.15, -0.1) is 0 Å². The van der Waals surface area contributed by atoms with Gasteiger partial charge in [0.2, 0.25) is 28.6 Å². The Morgan fingerprint density at radius 2 is 1.63 bits per heavy atom. The van der Waals surface area contributed by atoms with Crippen molar-refractivity contribution >= 4 is 50.7 Å². The first-order chi connectivity index (χ1) is 20.4. The summed E-state index contributed by atoms with van der Waals surface area (Å²) in [6.45, 7) is 3.80. The Morgan fingerprint density at radius 3 is 2.28 bits per heavy atom. The third kappa shape index (κ3) is 8.55. The van der Waals surface area contributed by atoms with Gasteiger partial charge in [-0.05, 0) is 50.1 Å². The van der Waals surface area contributed by atoms with Crippen LogP contribution < -0.4 is 19.1 Å². The van der Waals surface area contributed by atoms with E-state index in [1.165, 1.54) is 9.21 Å². The van der Waals surface area contributed by atoms with Gasteiger partial charge in [-0.25, -0.2) is 8.42 Å². The standard InChI is InChI=1S/C31H35Cl2N3O6S/c1-21(2)34-31(38)27(17-22-9-5-4-6-10-22)35(19-24-25(32)11-7-12-26(24)33)30(37)13-8-16-36(43(3,39)40)23-14-15-28-29(18-23)42-20-41-28/h4-7,9-12,14-15,18,21,27H,8,13,16-17,19-20H2,1-3H3,(H,34,38)/t27-/m1/s1. The van der Waals surface area contributed by atoms with Gasteiger partial charge in [-0.3, -0.25) is 13.9 Å². The summed E-state index contributed by atoms with van der Waals surface area (Å²) in [6, 6.07) is 18.4. The van der Waals surface area contributed by atoms with Crippen LogP contribution in [0.3, 0.4) is 0 Å². The van der Waals surface area contributed by atoms with Crippen LogP contribution in [-0.4, -0.2) is 56.8 Å². The second kappa shape index (κ2) is 14.3. The van der Waals surface area contributed by atoms with Crippen LogP contribution in [0.15, 0.2) is 66.7 Å². The number of hydrogen-bond acceptors (Lipinski definition) is 6. The molecule has 0 unspecified atom stereocenters. The Balaban J connectivity index is 1.61. The van der Waals surface area contributed by atoms with Gasteiger partial charge in [0.25, 0.3) is 0 Å². The molecule has 0 aliphatic carbocycles. The first kappa shape index (κ1) is 32.4. The summed E-state index contributed by atoms with van der Waals surface area (Å²) in [5.74, 6) is 0.332. The molecular weight excluding hydrogens is 613 g/mol. The fourth-order valence-electron chi connectivity index (χ4n) is 4.83. The molecule has 0 saturated carbocycles. The lowest BCUT2D eigenvalue weighted by atomic mass is 10.0. The van der Waals surface area contributed by atoms with Gasteiger partial charge in [0.15, 0.2) is 11.5 Å². The summed E-state index contributed by atoms with van der Waals surface area (Å²) in [5, 5.41) is 3.69. The number of ether oxygens (including phenoxy) is 2. The zero-order valence-electron chi connectivity index (χ0n) is 24.3.